The van der Waals surface area contributed by atoms with Crippen molar-refractivity contribution < 1.29 is 4.79 Å². The zero-order valence-electron chi connectivity index (χ0n) is 11.2. The van der Waals surface area contributed by atoms with Gasteiger partial charge in [-0.25, -0.2) is 0 Å². The lowest BCUT2D eigenvalue weighted by atomic mass is 9.79. The van der Waals surface area contributed by atoms with E-state index in [0.717, 1.165) is 11.1 Å². The fourth-order valence-corrected chi connectivity index (χ4v) is 2.94. The van der Waals surface area contributed by atoms with Gasteiger partial charge < -0.3 is 4.90 Å². The molecule has 2 atom stereocenters. The van der Waals surface area contributed by atoms with Gasteiger partial charge in [0.1, 0.15) is 0 Å². The van der Waals surface area contributed by atoms with Gasteiger partial charge in [0.25, 0.3) is 5.91 Å². The normalized spacial score (nSPS) is 22.2. The zero-order valence-corrected chi connectivity index (χ0v) is 11.2. The van der Waals surface area contributed by atoms with Crippen LogP contribution in [0.5, 0.6) is 0 Å². The van der Waals surface area contributed by atoms with Gasteiger partial charge in [-0.15, -0.1) is 0 Å². The van der Waals surface area contributed by atoms with E-state index in [1.54, 1.807) is 0 Å². The van der Waals surface area contributed by atoms with Crippen molar-refractivity contribution in [2.24, 2.45) is 0 Å². The highest BCUT2D eigenvalue weighted by molar-refractivity contribution is 5.97. The summed E-state index contributed by atoms with van der Waals surface area (Å²) in [4.78, 5) is 14.2. The molecule has 2 aromatic carbocycles. The fourth-order valence-electron chi connectivity index (χ4n) is 2.94. The minimum atomic E-state index is 0.121. The standard InChI is InChI=1S/C17H17NO/c1-12-16(13-8-4-3-5-9-13)14-10-6-7-11-15(14)17(19)18(12)2/h3-12,16H,1-2H3/t12-,16+/m0/s1. The van der Waals surface area contributed by atoms with Crippen LogP contribution in [0.3, 0.4) is 0 Å². The number of carbonyl (C=O) groups is 1. The molecule has 0 spiro atoms. The van der Waals surface area contributed by atoms with E-state index in [2.05, 4.69) is 37.3 Å². The fraction of sp³-hybridized carbons (Fsp3) is 0.235. The number of likely N-dealkylation sites (N-methyl/N-ethyl adjacent to an activating group) is 1. The molecule has 3 rings (SSSR count). The number of nitrogens with zero attached hydrogens (tertiary/aromatic N) is 1. The predicted octanol–water partition coefficient (Wildman–Crippen LogP) is 3.29. The van der Waals surface area contributed by atoms with Crippen LogP contribution in [-0.4, -0.2) is 23.9 Å². The molecule has 0 saturated carbocycles. The minimum Gasteiger partial charge on any atom is -0.338 e. The van der Waals surface area contributed by atoms with E-state index in [4.69, 9.17) is 0 Å². The molecule has 19 heavy (non-hydrogen) atoms. The number of fused-ring (bicyclic) bond motifs is 1. The SMILES string of the molecule is C[C@H]1[C@H](c2ccccc2)c2ccccc2C(=O)N1C. The van der Waals surface area contributed by atoms with Crippen molar-refractivity contribution in [2.75, 3.05) is 7.05 Å². The third kappa shape index (κ3) is 1.84. The summed E-state index contributed by atoms with van der Waals surface area (Å²) in [6.07, 6.45) is 0. The van der Waals surface area contributed by atoms with Crippen LogP contribution in [0.25, 0.3) is 0 Å². The molecule has 0 radical (unpaired) electrons. The maximum atomic E-state index is 12.3. The van der Waals surface area contributed by atoms with Crippen LogP contribution in [0.4, 0.5) is 0 Å². The highest BCUT2D eigenvalue weighted by Crippen LogP contribution is 2.37. The van der Waals surface area contributed by atoms with Crippen molar-refractivity contribution in [2.45, 2.75) is 18.9 Å². The van der Waals surface area contributed by atoms with Crippen LogP contribution < -0.4 is 0 Å². The van der Waals surface area contributed by atoms with Crippen LogP contribution in [0.15, 0.2) is 54.6 Å². The molecule has 0 bridgehead atoms. The van der Waals surface area contributed by atoms with Crippen molar-refractivity contribution in [3.8, 4) is 0 Å². The zero-order chi connectivity index (χ0) is 13.4. The van der Waals surface area contributed by atoms with E-state index in [1.807, 2.05) is 36.2 Å². The molecule has 2 aromatic rings. The highest BCUT2D eigenvalue weighted by atomic mass is 16.2. The summed E-state index contributed by atoms with van der Waals surface area (Å²) >= 11 is 0. The van der Waals surface area contributed by atoms with Crippen molar-refractivity contribution in [1.29, 1.82) is 0 Å². The van der Waals surface area contributed by atoms with E-state index in [0.29, 0.717) is 0 Å². The lowest BCUT2D eigenvalue weighted by Crippen LogP contribution is -2.44. The van der Waals surface area contributed by atoms with Gasteiger partial charge in [0.15, 0.2) is 0 Å². The lowest BCUT2D eigenvalue weighted by Gasteiger charge is -2.38. The second kappa shape index (κ2) is 4.54. The molecule has 1 amide bonds. The summed E-state index contributed by atoms with van der Waals surface area (Å²) in [7, 11) is 1.89. The Morgan fingerprint density at radius 3 is 2.32 bits per heavy atom. The van der Waals surface area contributed by atoms with Crippen molar-refractivity contribution in [3.63, 3.8) is 0 Å². The van der Waals surface area contributed by atoms with E-state index in [9.17, 15) is 4.79 Å². The first kappa shape index (κ1) is 12.0. The van der Waals surface area contributed by atoms with Crippen LogP contribution in [0, 0.1) is 0 Å². The van der Waals surface area contributed by atoms with E-state index < -0.39 is 0 Å². The highest BCUT2D eigenvalue weighted by Gasteiger charge is 2.35. The molecule has 1 aliphatic heterocycles. The molecule has 0 fully saturated rings. The molecule has 0 saturated heterocycles. The summed E-state index contributed by atoms with van der Waals surface area (Å²) in [6.45, 7) is 2.12. The topological polar surface area (TPSA) is 20.3 Å². The smallest absolute Gasteiger partial charge is 0.254 e. The molecule has 0 N–H and O–H groups in total. The first-order chi connectivity index (χ1) is 9.20. The Morgan fingerprint density at radius 2 is 1.58 bits per heavy atom. The van der Waals surface area contributed by atoms with Gasteiger partial charge >= 0.3 is 0 Å². The lowest BCUT2D eigenvalue weighted by molar-refractivity contribution is 0.0704. The molecule has 2 nitrogen and oxygen atoms in total. The van der Waals surface area contributed by atoms with Crippen LogP contribution in [0.2, 0.25) is 0 Å². The Morgan fingerprint density at radius 1 is 0.947 bits per heavy atom. The Hall–Kier alpha value is -2.09. The van der Waals surface area contributed by atoms with Gasteiger partial charge in [0, 0.05) is 24.6 Å². The second-order valence-electron chi connectivity index (χ2n) is 5.13. The molecule has 0 unspecified atom stereocenters. The molecule has 1 aliphatic rings. The number of benzene rings is 2. The molecule has 96 valence electrons. The summed E-state index contributed by atoms with van der Waals surface area (Å²) in [6, 6.07) is 18.5. The van der Waals surface area contributed by atoms with Gasteiger partial charge in [0.2, 0.25) is 0 Å². The Labute approximate surface area is 113 Å². The quantitative estimate of drug-likeness (QED) is 0.761. The molecule has 0 aromatic heterocycles. The predicted molar refractivity (Wildman–Crippen MR) is 76.3 cm³/mol. The van der Waals surface area contributed by atoms with Gasteiger partial charge in [-0.2, -0.15) is 0 Å². The molecule has 2 heteroatoms. The first-order valence-electron chi connectivity index (χ1n) is 6.61. The number of hydrogen-bond donors (Lipinski definition) is 0. The maximum Gasteiger partial charge on any atom is 0.254 e. The third-order valence-electron chi connectivity index (χ3n) is 4.10. The number of carbonyl (C=O) groups excluding carboxylic acids is 1. The Bertz CT molecular complexity index is 606. The van der Waals surface area contributed by atoms with Gasteiger partial charge in [0.05, 0.1) is 0 Å². The van der Waals surface area contributed by atoms with Crippen molar-refractivity contribution in [3.05, 3.63) is 71.3 Å². The average molecular weight is 251 g/mol. The Balaban J connectivity index is 2.19. The minimum absolute atomic E-state index is 0.121. The summed E-state index contributed by atoms with van der Waals surface area (Å²) in [5, 5.41) is 0. The van der Waals surface area contributed by atoms with Crippen molar-refractivity contribution >= 4 is 5.91 Å². The van der Waals surface area contributed by atoms with Gasteiger partial charge in [-0.1, -0.05) is 48.5 Å². The summed E-state index contributed by atoms with van der Waals surface area (Å²) < 4.78 is 0. The number of amides is 1. The number of rotatable bonds is 1. The molecule has 1 heterocycles. The van der Waals surface area contributed by atoms with E-state index in [1.165, 1.54) is 5.56 Å². The van der Waals surface area contributed by atoms with Crippen molar-refractivity contribution in [1.82, 2.24) is 4.90 Å². The monoisotopic (exact) mass is 251 g/mol. The van der Waals surface area contributed by atoms with Crippen LogP contribution >= 0.6 is 0 Å². The van der Waals surface area contributed by atoms with Gasteiger partial charge in [-0.05, 0) is 24.1 Å². The Kier molecular flexibility index (Phi) is 2.86. The summed E-state index contributed by atoms with van der Waals surface area (Å²) in [5.41, 5.74) is 3.24. The van der Waals surface area contributed by atoms with E-state index >= 15 is 0 Å². The third-order valence-corrected chi connectivity index (χ3v) is 4.10. The second-order valence-corrected chi connectivity index (χ2v) is 5.13. The summed E-state index contributed by atoms with van der Waals surface area (Å²) in [5.74, 6) is 0.371. The first-order valence-corrected chi connectivity index (χ1v) is 6.61. The molecular formula is C17H17NO. The number of hydrogen-bond acceptors (Lipinski definition) is 1. The van der Waals surface area contributed by atoms with Crippen LogP contribution in [0.1, 0.15) is 34.3 Å². The molecule has 0 aliphatic carbocycles. The molecular weight excluding hydrogens is 234 g/mol. The van der Waals surface area contributed by atoms with Crippen LogP contribution in [-0.2, 0) is 0 Å². The van der Waals surface area contributed by atoms with E-state index in [-0.39, 0.29) is 17.9 Å². The van der Waals surface area contributed by atoms with Gasteiger partial charge in [-0.3, -0.25) is 4.79 Å². The largest absolute Gasteiger partial charge is 0.338 e. The maximum absolute atomic E-state index is 12.3. The average Bonchev–Trinajstić information content (AvgIpc) is 2.46.